The zero-order valence-corrected chi connectivity index (χ0v) is 16.9. The number of anilines is 1. The van der Waals surface area contributed by atoms with Crippen LogP contribution in [-0.2, 0) is 28.9 Å². The Morgan fingerprint density at radius 3 is 2.77 bits per heavy atom. The topological polar surface area (TPSA) is 93.4 Å². The van der Waals surface area contributed by atoms with Gasteiger partial charge in [-0.25, -0.2) is 0 Å². The number of aldehydes is 1. The maximum absolute atomic E-state index is 12.6. The molecule has 1 aliphatic heterocycles. The van der Waals surface area contributed by atoms with Gasteiger partial charge in [0.25, 0.3) is 5.91 Å². The van der Waals surface area contributed by atoms with E-state index >= 15 is 0 Å². The highest BCUT2D eigenvalue weighted by Gasteiger charge is 2.28. The van der Waals surface area contributed by atoms with Crippen molar-refractivity contribution in [2.75, 3.05) is 18.5 Å². The number of carbonyl (C=O) groups is 2. The SMILES string of the molecule is N#Cc1c2c(n(CC3CCCO3)c1NC(=O)COc1ccc(C=O)cc1)CCCC2. The number of nitriles is 1. The smallest absolute Gasteiger partial charge is 0.263 e. The van der Waals surface area contributed by atoms with E-state index < -0.39 is 0 Å². The third-order valence-corrected chi connectivity index (χ3v) is 5.74. The molecule has 1 aromatic carbocycles. The Balaban J connectivity index is 1.52. The molecule has 2 aromatic rings. The van der Waals surface area contributed by atoms with Crippen molar-refractivity contribution in [2.45, 2.75) is 51.2 Å². The van der Waals surface area contributed by atoms with Crippen LogP contribution in [0.4, 0.5) is 5.82 Å². The lowest BCUT2D eigenvalue weighted by atomic mass is 9.95. The average Bonchev–Trinajstić information content (AvgIpc) is 3.39. The summed E-state index contributed by atoms with van der Waals surface area (Å²) in [5.41, 5.74) is 3.31. The Morgan fingerprint density at radius 2 is 2.07 bits per heavy atom. The highest BCUT2D eigenvalue weighted by atomic mass is 16.5. The number of fused-ring (bicyclic) bond motifs is 1. The minimum absolute atomic E-state index is 0.109. The number of aromatic nitrogens is 1. The Morgan fingerprint density at radius 1 is 1.27 bits per heavy atom. The number of nitrogens with zero attached hydrogens (tertiary/aromatic N) is 2. The first-order chi connectivity index (χ1) is 14.7. The predicted molar refractivity (Wildman–Crippen MR) is 111 cm³/mol. The Bertz CT molecular complexity index is 966. The van der Waals surface area contributed by atoms with Crippen LogP contribution in [0.3, 0.4) is 0 Å². The molecule has 0 bridgehead atoms. The van der Waals surface area contributed by atoms with Gasteiger partial charge in [-0.15, -0.1) is 0 Å². The Labute approximate surface area is 175 Å². The van der Waals surface area contributed by atoms with Gasteiger partial charge in [0.15, 0.2) is 6.61 Å². The number of nitrogens with one attached hydrogen (secondary N) is 1. The van der Waals surface area contributed by atoms with Crippen LogP contribution in [0, 0.1) is 11.3 Å². The molecule has 1 aromatic heterocycles. The number of amides is 1. The van der Waals surface area contributed by atoms with Crippen molar-refractivity contribution in [3.8, 4) is 11.8 Å². The molecular formula is C23H25N3O4. The third kappa shape index (κ3) is 4.24. The minimum atomic E-state index is -0.325. The molecule has 0 saturated carbocycles. The van der Waals surface area contributed by atoms with Gasteiger partial charge in [-0.3, -0.25) is 9.59 Å². The van der Waals surface area contributed by atoms with Crippen molar-refractivity contribution < 1.29 is 19.1 Å². The molecule has 1 atom stereocenters. The van der Waals surface area contributed by atoms with E-state index in [-0.39, 0.29) is 18.6 Å². The normalized spacial score (nSPS) is 17.8. The van der Waals surface area contributed by atoms with Gasteiger partial charge in [-0.2, -0.15) is 5.26 Å². The fourth-order valence-corrected chi connectivity index (χ4v) is 4.27. The molecule has 1 fully saturated rings. The highest BCUT2D eigenvalue weighted by molar-refractivity contribution is 5.93. The number of rotatable bonds is 7. The van der Waals surface area contributed by atoms with E-state index in [0.29, 0.717) is 29.2 Å². The number of benzene rings is 1. The van der Waals surface area contributed by atoms with E-state index in [1.54, 1.807) is 24.3 Å². The van der Waals surface area contributed by atoms with Crippen LogP contribution in [0.25, 0.3) is 0 Å². The zero-order valence-electron chi connectivity index (χ0n) is 16.9. The molecule has 7 nitrogen and oxygen atoms in total. The summed E-state index contributed by atoms with van der Waals surface area (Å²) in [4.78, 5) is 23.4. The van der Waals surface area contributed by atoms with Crippen LogP contribution in [0.5, 0.6) is 5.75 Å². The number of carbonyl (C=O) groups excluding carboxylic acids is 2. The molecule has 7 heteroatoms. The molecule has 1 amide bonds. The summed E-state index contributed by atoms with van der Waals surface area (Å²) < 4.78 is 13.4. The number of hydrogen-bond donors (Lipinski definition) is 1. The van der Waals surface area contributed by atoms with E-state index in [1.165, 1.54) is 0 Å². The van der Waals surface area contributed by atoms with Crippen LogP contribution in [0.2, 0.25) is 0 Å². The third-order valence-electron chi connectivity index (χ3n) is 5.74. The predicted octanol–water partition coefficient (Wildman–Crippen LogP) is 3.25. The Hall–Kier alpha value is -3.11. The van der Waals surface area contributed by atoms with Crippen molar-refractivity contribution in [1.82, 2.24) is 4.57 Å². The van der Waals surface area contributed by atoms with Crippen LogP contribution < -0.4 is 10.1 Å². The molecule has 2 aliphatic rings. The molecule has 1 aliphatic carbocycles. The van der Waals surface area contributed by atoms with E-state index in [9.17, 15) is 14.9 Å². The maximum atomic E-state index is 12.6. The van der Waals surface area contributed by atoms with Gasteiger partial charge >= 0.3 is 0 Å². The summed E-state index contributed by atoms with van der Waals surface area (Å²) in [6.45, 7) is 1.23. The molecule has 0 spiro atoms. The fraction of sp³-hybridized carbons (Fsp3) is 0.435. The standard InChI is InChI=1S/C23H25N3O4/c24-12-20-19-5-1-2-6-21(19)26(13-18-4-3-11-29-18)23(20)25-22(28)15-30-17-9-7-16(14-27)8-10-17/h7-10,14,18H,1-6,11,13,15H2,(H,25,28). The zero-order chi connectivity index (χ0) is 20.9. The van der Waals surface area contributed by atoms with Crippen LogP contribution in [0.1, 0.15) is 52.9 Å². The summed E-state index contributed by atoms with van der Waals surface area (Å²) in [6, 6.07) is 8.88. The summed E-state index contributed by atoms with van der Waals surface area (Å²) in [7, 11) is 0. The second-order valence-electron chi connectivity index (χ2n) is 7.74. The Kier molecular flexibility index (Phi) is 6.15. The second kappa shape index (κ2) is 9.14. The lowest BCUT2D eigenvalue weighted by molar-refractivity contribution is -0.118. The van der Waals surface area contributed by atoms with Gasteiger partial charge < -0.3 is 19.4 Å². The quantitative estimate of drug-likeness (QED) is 0.711. The number of ether oxygens (including phenoxy) is 2. The highest BCUT2D eigenvalue weighted by Crippen LogP contribution is 2.34. The van der Waals surface area contributed by atoms with Crippen molar-refractivity contribution >= 4 is 18.0 Å². The number of hydrogen-bond acceptors (Lipinski definition) is 5. The molecule has 1 N–H and O–H groups in total. The lowest BCUT2D eigenvalue weighted by Gasteiger charge is -2.20. The van der Waals surface area contributed by atoms with E-state index in [1.807, 2.05) is 0 Å². The van der Waals surface area contributed by atoms with Gasteiger partial charge in [0.1, 0.15) is 23.9 Å². The second-order valence-corrected chi connectivity index (χ2v) is 7.74. The lowest BCUT2D eigenvalue weighted by Crippen LogP contribution is -2.25. The van der Waals surface area contributed by atoms with Gasteiger partial charge in [0.2, 0.25) is 0 Å². The van der Waals surface area contributed by atoms with Crippen molar-refractivity contribution in [1.29, 1.82) is 5.26 Å². The van der Waals surface area contributed by atoms with Gasteiger partial charge in [0.05, 0.1) is 18.2 Å². The summed E-state index contributed by atoms with van der Waals surface area (Å²) in [5, 5.41) is 12.7. The summed E-state index contributed by atoms with van der Waals surface area (Å²) in [6.07, 6.45) is 6.80. The molecule has 1 saturated heterocycles. The van der Waals surface area contributed by atoms with Crippen LogP contribution in [0.15, 0.2) is 24.3 Å². The van der Waals surface area contributed by atoms with Gasteiger partial charge in [-0.1, -0.05) is 0 Å². The molecule has 156 valence electrons. The first-order valence-electron chi connectivity index (χ1n) is 10.4. The average molecular weight is 407 g/mol. The molecule has 2 heterocycles. The van der Waals surface area contributed by atoms with Crippen molar-refractivity contribution in [2.24, 2.45) is 0 Å². The van der Waals surface area contributed by atoms with Crippen LogP contribution >= 0.6 is 0 Å². The summed E-state index contributed by atoms with van der Waals surface area (Å²) >= 11 is 0. The molecule has 0 radical (unpaired) electrons. The van der Waals surface area contributed by atoms with E-state index in [2.05, 4.69) is 16.0 Å². The monoisotopic (exact) mass is 407 g/mol. The van der Waals surface area contributed by atoms with Crippen molar-refractivity contribution in [3.63, 3.8) is 0 Å². The molecule has 30 heavy (non-hydrogen) atoms. The fourth-order valence-electron chi connectivity index (χ4n) is 4.27. The van der Waals surface area contributed by atoms with Crippen LogP contribution in [-0.4, -0.2) is 36.1 Å². The first-order valence-corrected chi connectivity index (χ1v) is 10.4. The van der Waals surface area contributed by atoms with Gasteiger partial charge in [-0.05, 0) is 68.4 Å². The molecule has 1 unspecified atom stereocenters. The summed E-state index contributed by atoms with van der Waals surface area (Å²) in [5.74, 6) is 0.740. The first kappa shape index (κ1) is 20.2. The van der Waals surface area contributed by atoms with Crippen molar-refractivity contribution in [3.05, 3.63) is 46.6 Å². The largest absolute Gasteiger partial charge is 0.484 e. The van der Waals surface area contributed by atoms with Gasteiger partial charge in [0, 0.05) is 17.9 Å². The van der Waals surface area contributed by atoms with E-state index in [0.717, 1.165) is 62.7 Å². The van der Waals surface area contributed by atoms with E-state index in [4.69, 9.17) is 9.47 Å². The maximum Gasteiger partial charge on any atom is 0.263 e. The minimum Gasteiger partial charge on any atom is -0.484 e. The molecule has 4 rings (SSSR count). The molecular weight excluding hydrogens is 382 g/mol.